The van der Waals surface area contributed by atoms with Crippen LogP contribution in [0.5, 0.6) is 0 Å². The fraction of sp³-hybridized carbons (Fsp3) is 0.164. The van der Waals surface area contributed by atoms with Crippen molar-refractivity contribution in [3.63, 3.8) is 0 Å². The highest BCUT2D eigenvalue weighted by Gasteiger charge is 2.37. The summed E-state index contributed by atoms with van der Waals surface area (Å²) < 4.78 is 0. The highest BCUT2D eigenvalue weighted by molar-refractivity contribution is 6.01. The molecule has 1 atom stereocenters. The van der Waals surface area contributed by atoms with E-state index in [9.17, 15) is 0 Å². The molecular weight excluding hydrogens is 689 g/mol. The van der Waals surface area contributed by atoms with Crippen LogP contribution in [0.15, 0.2) is 176 Å². The minimum Gasteiger partial charge on any atom is -0.355 e. The summed E-state index contributed by atoms with van der Waals surface area (Å²) in [5, 5.41) is 6.37. The van der Waals surface area contributed by atoms with Gasteiger partial charge in [0.2, 0.25) is 0 Å². The van der Waals surface area contributed by atoms with Gasteiger partial charge in [0.05, 0.1) is 17.1 Å². The average molecular weight is 739 g/mol. The summed E-state index contributed by atoms with van der Waals surface area (Å²) in [6, 6.07) is 64.8. The number of fused-ring (bicyclic) bond motifs is 3. The van der Waals surface area contributed by atoms with Crippen LogP contribution in [-0.2, 0) is 5.41 Å². The third-order valence-electron chi connectivity index (χ3n) is 12.2. The van der Waals surface area contributed by atoms with Crippen molar-refractivity contribution < 1.29 is 0 Å². The SMILES string of the molecule is CCCC(C)c1ccc(Nc2ccc(-c3ccc4c(c3)C(C)(C)c3ccccc3N4c3cccc4ccccc34)cc2-c2ccccc2)cc1-c1ccccc1C. The molecule has 0 spiro atoms. The molecule has 0 aliphatic carbocycles. The molecule has 1 aliphatic heterocycles. The fourth-order valence-corrected chi connectivity index (χ4v) is 9.15. The van der Waals surface area contributed by atoms with Gasteiger partial charge in [-0.25, -0.2) is 0 Å². The zero-order valence-electron chi connectivity index (χ0n) is 33.7. The number of hydrogen-bond acceptors (Lipinski definition) is 2. The van der Waals surface area contributed by atoms with Gasteiger partial charge >= 0.3 is 0 Å². The number of nitrogens with one attached hydrogen (secondary N) is 1. The minimum atomic E-state index is -0.206. The Morgan fingerprint density at radius 2 is 1.23 bits per heavy atom. The molecule has 280 valence electrons. The van der Waals surface area contributed by atoms with Gasteiger partial charge in [-0.1, -0.05) is 162 Å². The van der Waals surface area contributed by atoms with Gasteiger partial charge in [-0.3, -0.25) is 0 Å². The summed E-state index contributed by atoms with van der Waals surface area (Å²) in [6.45, 7) is 11.6. The molecule has 0 saturated heterocycles. The van der Waals surface area contributed by atoms with Gasteiger partial charge in [0.25, 0.3) is 0 Å². The van der Waals surface area contributed by atoms with E-state index in [1.165, 1.54) is 96.3 Å². The number of benzene rings is 8. The second kappa shape index (κ2) is 14.9. The summed E-state index contributed by atoms with van der Waals surface area (Å²) in [6.07, 6.45) is 2.33. The van der Waals surface area contributed by atoms with Gasteiger partial charge in [0.1, 0.15) is 0 Å². The maximum Gasteiger partial charge on any atom is 0.0540 e. The van der Waals surface area contributed by atoms with Crippen LogP contribution >= 0.6 is 0 Å². The first kappa shape index (κ1) is 36.3. The number of aryl methyl sites for hydroxylation is 1. The number of anilines is 5. The molecule has 2 heteroatoms. The molecule has 0 saturated carbocycles. The van der Waals surface area contributed by atoms with Crippen LogP contribution < -0.4 is 10.2 Å². The topological polar surface area (TPSA) is 15.3 Å². The lowest BCUT2D eigenvalue weighted by Gasteiger charge is -2.42. The van der Waals surface area contributed by atoms with E-state index in [1.54, 1.807) is 0 Å². The van der Waals surface area contributed by atoms with Gasteiger partial charge < -0.3 is 10.2 Å². The van der Waals surface area contributed by atoms with Crippen LogP contribution in [0.25, 0.3) is 44.2 Å². The lowest BCUT2D eigenvalue weighted by Crippen LogP contribution is -2.30. The molecule has 9 rings (SSSR count). The van der Waals surface area contributed by atoms with Crippen molar-refractivity contribution in [1.29, 1.82) is 0 Å². The summed E-state index contributed by atoms with van der Waals surface area (Å²) in [5.74, 6) is 0.479. The zero-order chi connectivity index (χ0) is 39.1. The van der Waals surface area contributed by atoms with Crippen LogP contribution in [0.3, 0.4) is 0 Å². The van der Waals surface area contributed by atoms with E-state index in [2.05, 4.69) is 221 Å². The number of hydrogen-bond donors (Lipinski definition) is 1. The Morgan fingerprint density at radius 1 is 0.544 bits per heavy atom. The van der Waals surface area contributed by atoms with Crippen molar-refractivity contribution in [1.82, 2.24) is 0 Å². The fourth-order valence-electron chi connectivity index (χ4n) is 9.15. The lowest BCUT2D eigenvalue weighted by atomic mass is 9.72. The molecule has 1 unspecified atom stereocenters. The maximum atomic E-state index is 3.88. The van der Waals surface area contributed by atoms with Crippen molar-refractivity contribution in [2.45, 2.75) is 58.8 Å². The summed E-state index contributed by atoms with van der Waals surface area (Å²) >= 11 is 0. The Bertz CT molecular complexity index is 2730. The Labute approximate surface area is 338 Å². The first-order chi connectivity index (χ1) is 27.8. The molecule has 8 aromatic carbocycles. The molecule has 2 nitrogen and oxygen atoms in total. The van der Waals surface area contributed by atoms with Crippen LogP contribution in [0.1, 0.15) is 68.7 Å². The van der Waals surface area contributed by atoms with E-state index in [4.69, 9.17) is 0 Å². The van der Waals surface area contributed by atoms with E-state index in [0.717, 1.165) is 11.4 Å². The molecule has 1 N–H and O–H groups in total. The molecule has 8 aromatic rings. The first-order valence-electron chi connectivity index (χ1n) is 20.5. The average Bonchev–Trinajstić information content (AvgIpc) is 3.24. The van der Waals surface area contributed by atoms with Crippen LogP contribution in [0, 0.1) is 6.92 Å². The summed E-state index contributed by atoms with van der Waals surface area (Å²) in [5.41, 5.74) is 18.4. The molecule has 1 aliphatic rings. The second-order valence-corrected chi connectivity index (χ2v) is 16.3. The van der Waals surface area contributed by atoms with Crippen molar-refractivity contribution >= 4 is 39.2 Å². The highest BCUT2D eigenvalue weighted by atomic mass is 15.2. The van der Waals surface area contributed by atoms with Gasteiger partial charge in [0.15, 0.2) is 0 Å². The Hall–Kier alpha value is -6.38. The normalized spacial score (nSPS) is 13.5. The van der Waals surface area contributed by atoms with Gasteiger partial charge in [-0.05, 0) is 123 Å². The number of rotatable bonds is 9. The maximum absolute atomic E-state index is 3.88. The van der Waals surface area contributed by atoms with Crippen LogP contribution in [0.4, 0.5) is 28.4 Å². The largest absolute Gasteiger partial charge is 0.355 e. The van der Waals surface area contributed by atoms with Crippen LogP contribution in [0.2, 0.25) is 0 Å². The molecular formula is C55H50N2. The molecule has 1 heterocycles. The Morgan fingerprint density at radius 3 is 2.07 bits per heavy atom. The number of nitrogens with zero attached hydrogens (tertiary/aromatic N) is 1. The van der Waals surface area contributed by atoms with Crippen LogP contribution in [-0.4, -0.2) is 0 Å². The molecule has 0 bridgehead atoms. The third-order valence-corrected chi connectivity index (χ3v) is 12.2. The molecule has 57 heavy (non-hydrogen) atoms. The Kier molecular flexibility index (Phi) is 9.50. The van der Waals surface area contributed by atoms with E-state index in [-0.39, 0.29) is 5.41 Å². The summed E-state index contributed by atoms with van der Waals surface area (Å²) in [4.78, 5) is 2.48. The molecule has 0 radical (unpaired) electrons. The minimum absolute atomic E-state index is 0.206. The molecule has 0 amide bonds. The molecule has 0 fully saturated rings. The smallest absolute Gasteiger partial charge is 0.0540 e. The monoisotopic (exact) mass is 738 g/mol. The van der Waals surface area contributed by atoms with Gasteiger partial charge in [-0.15, -0.1) is 0 Å². The van der Waals surface area contributed by atoms with E-state index < -0.39 is 0 Å². The first-order valence-corrected chi connectivity index (χ1v) is 20.5. The quantitative estimate of drug-likeness (QED) is 0.159. The van der Waals surface area contributed by atoms with Gasteiger partial charge in [0, 0.05) is 27.7 Å². The van der Waals surface area contributed by atoms with Gasteiger partial charge in [-0.2, -0.15) is 0 Å². The van der Waals surface area contributed by atoms with E-state index in [1.807, 2.05) is 0 Å². The van der Waals surface area contributed by atoms with Crippen molar-refractivity contribution in [3.8, 4) is 33.4 Å². The summed E-state index contributed by atoms with van der Waals surface area (Å²) in [7, 11) is 0. The Balaban J connectivity index is 1.15. The standard InChI is InChI=1S/C55H50N2/c1-6-17-37(2)45-31-30-43(36-48(45)44-23-12-10-18-38(44)3)56-51-32-28-41(34-47(51)40-19-8-7-9-20-40)42-29-33-54-50(35-42)55(4,5)49-25-14-15-26-53(49)57(54)52-27-16-22-39-21-11-13-24-46(39)52/h7-16,18-37,56H,6,17H2,1-5H3. The van der Waals surface area contributed by atoms with Crippen molar-refractivity contribution in [2.24, 2.45) is 0 Å². The predicted octanol–water partition coefficient (Wildman–Crippen LogP) is 15.9. The molecule has 0 aromatic heterocycles. The highest BCUT2D eigenvalue weighted by Crippen LogP contribution is 2.53. The van der Waals surface area contributed by atoms with Crippen molar-refractivity contribution in [3.05, 3.63) is 198 Å². The second-order valence-electron chi connectivity index (χ2n) is 16.3. The third kappa shape index (κ3) is 6.60. The van der Waals surface area contributed by atoms with E-state index in [0.29, 0.717) is 5.92 Å². The lowest BCUT2D eigenvalue weighted by molar-refractivity contribution is 0.632. The number of para-hydroxylation sites is 1. The predicted molar refractivity (Wildman–Crippen MR) is 245 cm³/mol. The van der Waals surface area contributed by atoms with E-state index >= 15 is 0 Å². The van der Waals surface area contributed by atoms with Crippen molar-refractivity contribution in [2.75, 3.05) is 10.2 Å². The zero-order valence-corrected chi connectivity index (χ0v) is 33.7.